The van der Waals surface area contributed by atoms with Crippen molar-refractivity contribution in [1.82, 2.24) is 10.3 Å². The molecule has 1 heterocycles. The normalized spacial score (nSPS) is 10.8. The van der Waals surface area contributed by atoms with Gasteiger partial charge in [-0.15, -0.1) is 0 Å². The number of carbonyl (C=O) groups excluding carboxylic acids is 2. The fraction of sp³-hybridized carbons (Fsp3) is 0.286. The van der Waals surface area contributed by atoms with E-state index < -0.39 is 5.91 Å². The van der Waals surface area contributed by atoms with Crippen LogP contribution in [-0.2, 0) is 4.79 Å². The molecule has 0 radical (unpaired) electrons. The minimum atomic E-state index is -0.394. The third-order valence-corrected chi connectivity index (χ3v) is 4.24. The summed E-state index contributed by atoms with van der Waals surface area (Å²) in [5.41, 5.74) is 2.27. The molecule has 2 N–H and O–H groups in total. The molecule has 0 aliphatic carbocycles. The maximum atomic E-state index is 12.3. The molecule has 8 heteroatoms. The van der Waals surface area contributed by atoms with Crippen LogP contribution in [0.15, 0.2) is 40.8 Å². The molecule has 0 aliphatic heterocycles. The molecule has 152 valence electrons. The number of carbonyl (C=O) groups is 2. The van der Waals surface area contributed by atoms with Gasteiger partial charge in [0, 0.05) is 17.2 Å². The summed E-state index contributed by atoms with van der Waals surface area (Å²) in [7, 11) is 3.00. The van der Waals surface area contributed by atoms with E-state index in [0.717, 1.165) is 0 Å². The zero-order valence-electron chi connectivity index (χ0n) is 16.7. The number of fused-ring (bicyclic) bond motifs is 1. The highest BCUT2D eigenvalue weighted by molar-refractivity contribution is 6.00. The predicted molar refractivity (Wildman–Crippen MR) is 109 cm³/mol. The number of aromatic nitrogens is 1. The van der Waals surface area contributed by atoms with Crippen molar-refractivity contribution in [2.45, 2.75) is 19.8 Å². The van der Waals surface area contributed by atoms with E-state index in [-0.39, 0.29) is 18.4 Å². The van der Waals surface area contributed by atoms with Crippen LogP contribution in [0.2, 0.25) is 0 Å². The Morgan fingerprint density at radius 2 is 1.83 bits per heavy atom. The van der Waals surface area contributed by atoms with Crippen molar-refractivity contribution in [3.05, 3.63) is 47.9 Å². The molecule has 0 atom stereocenters. The Kier molecular flexibility index (Phi) is 6.01. The summed E-state index contributed by atoms with van der Waals surface area (Å²) < 4.78 is 16.0. The Morgan fingerprint density at radius 1 is 1.07 bits per heavy atom. The third kappa shape index (κ3) is 4.66. The minimum absolute atomic E-state index is 0.173. The average molecular weight is 397 g/mol. The summed E-state index contributed by atoms with van der Waals surface area (Å²) in [6.45, 7) is 3.81. The summed E-state index contributed by atoms with van der Waals surface area (Å²) in [6, 6.07) is 10.00. The molecular formula is C21H23N3O5. The number of nitrogens with zero attached hydrogens (tertiary/aromatic N) is 1. The lowest BCUT2D eigenvalue weighted by Gasteiger charge is -2.10. The number of rotatable bonds is 7. The van der Waals surface area contributed by atoms with Gasteiger partial charge in [0.05, 0.1) is 20.8 Å². The molecular weight excluding hydrogens is 374 g/mol. The Bertz CT molecular complexity index is 1040. The fourth-order valence-electron chi connectivity index (χ4n) is 2.72. The van der Waals surface area contributed by atoms with Crippen LogP contribution in [0.25, 0.3) is 11.1 Å². The van der Waals surface area contributed by atoms with Gasteiger partial charge in [-0.25, -0.2) is 4.98 Å². The number of hydrogen-bond donors (Lipinski definition) is 2. The van der Waals surface area contributed by atoms with Gasteiger partial charge in [0.25, 0.3) is 5.91 Å². The van der Waals surface area contributed by atoms with Crippen LogP contribution in [0.3, 0.4) is 0 Å². The average Bonchev–Trinajstić information content (AvgIpc) is 3.15. The van der Waals surface area contributed by atoms with Crippen molar-refractivity contribution in [2.24, 2.45) is 0 Å². The molecule has 2 aromatic carbocycles. The smallest absolute Gasteiger partial charge is 0.251 e. The summed E-state index contributed by atoms with van der Waals surface area (Å²) in [4.78, 5) is 28.9. The van der Waals surface area contributed by atoms with Crippen LogP contribution < -0.4 is 20.1 Å². The Balaban J connectivity index is 1.61. The second-order valence-corrected chi connectivity index (χ2v) is 6.69. The van der Waals surface area contributed by atoms with Crippen LogP contribution >= 0.6 is 0 Å². The van der Waals surface area contributed by atoms with Crippen molar-refractivity contribution in [3.63, 3.8) is 0 Å². The number of oxazole rings is 1. The molecule has 0 bridgehead atoms. The molecule has 0 saturated heterocycles. The monoisotopic (exact) mass is 397 g/mol. The maximum Gasteiger partial charge on any atom is 0.251 e. The van der Waals surface area contributed by atoms with E-state index in [2.05, 4.69) is 15.6 Å². The quantitative estimate of drug-likeness (QED) is 0.634. The van der Waals surface area contributed by atoms with Gasteiger partial charge in [-0.05, 0) is 36.4 Å². The zero-order chi connectivity index (χ0) is 21.0. The molecule has 3 aromatic rings. The zero-order valence-corrected chi connectivity index (χ0v) is 16.7. The van der Waals surface area contributed by atoms with E-state index in [1.165, 1.54) is 14.2 Å². The summed E-state index contributed by atoms with van der Waals surface area (Å²) >= 11 is 0. The molecule has 0 aliphatic rings. The number of ether oxygens (including phenoxy) is 2. The van der Waals surface area contributed by atoms with Crippen LogP contribution in [0, 0.1) is 0 Å². The van der Waals surface area contributed by atoms with Crippen LogP contribution in [0.1, 0.15) is 36.0 Å². The van der Waals surface area contributed by atoms with Crippen molar-refractivity contribution in [3.8, 4) is 11.5 Å². The molecule has 2 amide bonds. The summed E-state index contributed by atoms with van der Waals surface area (Å²) in [6.07, 6.45) is 0. The van der Waals surface area contributed by atoms with Gasteiger partial charge >= 0.3 is 0 Å². The lowest BCUT2D eigenvalue weighted by molar-refractivity contribution is -0.115. The molecule has 0 unspecified atom stereocenters. The van der Waals surface area contributed by atoms with Gasteiger partial charge in [0.15, 0.2) is 23.0 Å². The standard InChI is InChI=1S/C21H23N3O5/c1-12(2)21-24-15-10-14(6-8-16(15)29-21)23-19(25)11-22-20(26)13-5-7-17(27-3)18(9-13)28-4/h5-10,12H,11H2,1-4H3,(H,22,26)(H,23,25). The fourth-order valence-corrected chi connectivity index (χ4v) is 2.72. The first-order valence-electron chi connectivity index (χ1n) is 9.12. The molecule has 1 aromatic heterocycles. The van der Waals surface area contributed by atoms with Gasteiger partial charge in [-0.1, -0.05) is 13.8 Å². The molecule has 8 nitrogen and oxygen atoms in total. The Hall–Kier alpha value is -3.55. The van der Waals surface area contributed by atoms with Crippen LogP contribution in [0.5, 0.6) is 11.5 Å². The number of hydrogen-bond acceptors (Lipinski definition) is 6. The first kappa shape index (κ1) is 20.2. The molecule has 29 heavy (non-hydrogen) atoms. The summed E-state index contributed by atoms with van der Waals surface area (Å²) in [5.74, 6) is 1.02. The second-order valence-electron chi connectivity index (χ2n) is 6.69. The number of amides is 2. The first-order valence-corrected chi connectivity index (χ1v) is 9.12. The van der Waals surface area contributed by atoms with E-state index in [1.807, 2.05) is 13.8 Å². The lowest BCUT2D eigenvalue weighted by Crippen LogP contribution is -2.32. The van der Waals surface area contributed by atoms with Gasteiger partial charge in [0.2, 0.25) is 5.91 Å². The Labute approximate surface area is 168 Å². The SMILES string of the molecule is COc1ccc(C(=O)NCC(=O)Nc2ccc3oc(C(C)C)nc3c2)cc1OC. The molecule has 0 fully saturated rings. The number of methoxy groups -OCH3 is 2. The van der Waals surface area contributed by atoms with Crippen molar-refractivity contribution in [1.29, 1.82) is 0 Å². The van der Waals surface area contributed by atoms with Crippen molar-refractivity contribution < 1.29 is 23.5 Å². The van der Waals surface area contributed by atoms with Crippen molar-refractivity contribution in [2.75, 3.05) is 26.1 Å². The van der Waals surface area contributed by atoms with Crippen LogP contribution in [0.4, 0.5) is 5.69 Å². The van der Waals surface area contributed by atoms with Gasteiger partial charge < -0.3 is 24.5 Å². The van der Waals surface area contributed by atoms with Gasteiger partial charge in [-0.2, -0.15) is 0 Å². The molecule has 0 saturated carbocycles. The lowest BCUT2D eigenvalue weighted by atomic mass is 10.2. The Morgan fingerprint density at radius 3 is 2.52 bits per heavy atom. The highest BCUT2D eigenvalue weighted by Gasteiger charge is 2.13. The van der Waals surface area contributed by atoms with E-state index in [1.54, 1.807) is 36.4 Å². The highest BCUT2D eigenvalue weighted by Crippen LogP contribution is 2.27. The maximum absolute atomic E-state index is 12.3. The van der Waals surface area contributed by atoms with Gasteiger partial charge in [0.1, 0.15) is 5.52 Å². The number of anilines is 1. The van der Waals surface area contributed by atoms with Crippen LogP contribution in [-0.4, -0.2) is 37.6 Å². The number of benzene rings is 2. The molecule has 0 spiro atoms. The van der Waals surface area contributed by atoms with Crippen molar-refractivity contribution >= 4 is 28.6 Å². The predicted octanol–water partition coefficient (Wildman–Crippen LogP) is 3.34. The van der Waals surface area contributed by atoms with Gasteiger partial charge in [-0.3, -0.25) is 9.59 Å². The molecule has 3 rings (SSSR count). The van der Waals surface area contributed by atoms with E-state index in [4.69, 9.17) is 13.9 Å². The minimum Gasteiger partial charge on any atom is -0.493 e. The second kappa shape index (κ2) is 8.64. The topological polar surface area (TPSA) is 103 Å². The summed E-state index contributed by atoms with van der Waals surface area (Å²) in [5, 5.41) is 5.32. The van der Waals surface area contributed by atoms with E-state index in [9.17, 15) is 9.59 Å². The highest BCUT2D eigenvalue weighted by atomic mass is 16.5. The third-order valence-electron chi connectivity index (χ3n) is 4.24. The first-order chi connectivity index (χ1) is 13.9. The largest absolute Gasteiger partial charge is 0.493 e. The number of nitrogens with one attached hydrogen (secondary N) is 2. The van der Waals surface area contributed by atoms with E-state index >= 15 is 0 Å². The van der Waals surface area contributed by atoms with E-state index in [0.29, 0.717) is 39.7 Å².